The van der Waals surface area contributed by atoms with Crippen molar-refractivity contribution in [1.29, 1.82) is 0 Å². The minimum Gasteiger partial charge on any atom is -0.481 e. The number of hydrogen-bond acceptors (Lipinski definition) is 8. The normalized spacial score (nSPS) is 12.3. The molecule has 2 atom stereocenters. The van der Waals surface area contributed by atoms with Crippen molar-refractivity contribution in [2.75, 3.05) is 13.2 Å². The molecule has 0 heterocycles. The van der Waals surface area contributed by atoms with Gasteiger partial charge < -0.3 is 37.3 Å². The van der Waals surface area contributed by atoms with Crippen molar-refractivity contribution < 1.29 is 39.2 Å². The Morgan fingerprint density at radius 1 is 0.950 bits per heavy atom. The molecular formula is C9H17N3O8. The van der Waals surface area contributed by atoms with Gasteiger partial charge in [-0.15, -0.1) is 0 Å². The van der Waals surface area contributed by atoms with Gasteiger partial charge >= 0.3 is 23.9 Å². The maximum Gasteiger partial charge on any atom is 0.324 e. The van der Waals surface area contributed by atoms with Gasteiger partial charge in [-0.3, -0.25) is 19.2 Å². The first-order valence-electron chi connectivity index (χ1n) is 5.16. The average Bonchev–Trinajstić information content (AvgIpc) is 2.35. The number of carbonyl (C=O) groups excluding carboxylic acids is 1. The van der Waals surface area contributed by atoms with Gasteiger partial charge in [0, 0.05) is 0 Å². The molecule has 11 nitrogen and oxygen atoms in total. The Kier molecular flexibility index (Phi) is 10.7. The fourth-order valence-corrected chi connectivity index (χ4v) is 0.588. The number of carbonyl (C=O) groups is 4. The van der Waals surface area contributed by atoms with E-state index in [1.165, 1.54) is 0 Å². The summed E-state index contributed by atoms with van der Waals surface area (Å²) in [4.78, 5) is 40.0. The van der Waals surface area contributed by atoms with Gasteiger partial charge in [0.2, 0.25) is 0 Å². The maximum absolute atomic E-state index is 10.3. The van der Waals surface area contributed by atoms with Gasteiger partial charge in [-0.1, -0.05) is 0 Å². The third-order valence-electron chi connectivity index (χ3n) is 1.62. The van der Waals surface area contributed by atoms with E-state index >= 15 is 0 Å². The van der Waals surface area contributed by atoms with Gasteiger partial charge in [-0.2, -0.15) is 0 Å². The van der Waals surface area contributed by atoms with E-state index in [-0.39, 0.29) is 13.2 Å². The fourth-order valence-electron chi connectivity index (χ4n) is 0.588. The summed E-state index contributed by atoms with van der Waals surface area (Å²) in [7, 11) is 0. The van der Waals surface area contributed by atoms with Gasteiger partial charge in [0.05, 0.1) is 13.0 Å². The molecule has 0 aliphatic rings. The molecule has 0 aliphatic carbocycles. The summed E-state index contributed by atoms with van der Waals surface area (Å²) in [6.07, 6.45) is -0.532. The molecule has 0 rings (SSSR count). The molecule has 0 radical (unpaired) electrons. The molecular weight excluding hydrogens is 278 g/mol. The minimum absolute atomic E-state index is 0.271. The molecule has 0 spiro atoms. The van der Waals surface area contributed by atoms with Gasteiger partial charge in [-0.25, -0.2) is 0 Å². The van der Waals surface area contributed by atoms with E-state index in [1.54, 1.807) is 0 Å². The lowest BCUT2D eigenvalue weighted by molar-refractivity contribution is -0.146. The Hall–Kier alpha value is -2.24. The van der Waals surface area contributed by atoms with Crippen molar-refractivity contribution in [1.82, 2.24) is 0 Å². The molecule has 11 heteroatoms. The first-order valence-corrected chi connectivity index (χ1v) is 5.16. The average molecular weight is 295 g/mol. The molecule has 0 aromatic heterocycles. The highest BCUT2D eigenvalue weighted by Crippen LogP contribution is 1.86. The maximum atomic E-state index is 10.3. The fraction of sp³-hybridized carbons (Fsp3) is 0.556. The van der Waals surface area contributed by atoms with Crippen molar-refractivity contribution >= 4 is 23.9 Å². The third-order valence-corrected chi connectivity index (χ3v) is 1.62. The molecule has 0 amide bonds. The minimum atomic E-state index is -1.29. The Balaban J connectivity index is 0. The van der Waals surface area contributed by atoms with Crippen molar-refractivity contribution in [3.8, 4) is 0 Å². The summed E-state index contributed by atoms with van der Waals surface area (Å²) in [6.45, 7) is -0.613. The van der Waals surface area contributed by atoms with E-state index in [2.05, 4.69) is 4.74 Å². The summed E-state index contributed by atoms with van der Waals surface area (Å²) >= 11 is 0. The lowest BCUT2D eigenvalue weighted by Crippen LogP contribution is -2.36. The number of carboxylic acids is 3. The van der Waals surface area contributed by atoms with Crippen LogP contribution in [0, 0.1) is 0 Å². The van der Waals surface area contributed by atoms with Crippen LogP contribution in [0.3, 0.4) is 0 Å². The molecule has 0 aliphatic heterocycles. The van der Waals surface area contributed by atoms with E-state index in [4.69, 9.17) is 32.5 Å². The Bertz CT molecular complexity index is 359. The van der Waals surface area contributed by atoms with Crippen molar-refractivity contribution in [2.45, 2.75) is 18.5 Å². The number of esters is 1. The van der Waals surface area contributed by atoms with Gasteiger partial charge in [0.15, 0.2) is 0 Å². The van der Waals surface area contributed by atoms with E-state index in [1.807, 2.05) is 0 Å². The van der Waals surface area contributed by atoms with Crippen LogP contribution in [0.5, 0.6) is 0 Å². The SMILES string of the molecule is NCC(=O)OC[C@H](N)C(=O)O.N[C@@H](CC(=O)O)C(=O)O. The number of hydrogen-bond donors (Lipinski definition) is 6. The van der Waals surface area contributed by atoms with E-state index in [0.717, 1.165) is 0 Å². The van der Waals surface area contributed by atoms with Crippen molar-refractivity contribution in [3.63, 3.8) is 0 Å². The Morgan fingerprint density at radius 2 is 1.40 bits per heavy atom. The van der Waals surface area contributed by atoms with Crippen LogP contribution in [0.2, 0.25) is 0 Å². The summed E-state index contributed by atoms with van der Waals surface area (Å²) < 4.78 is 4.34. The van der Waals surface area contributed by atoms with Crippen LogP contribution in [0.15, 0.2) is 0 Å². The summed E-state index contributed by atoms with van der Waals surface area (Å²) in [5.74, 6) is -4.38. The van der Waals surface area contributed by atoms with Gasteiger partial charge in [0.1, 0.15) is 18.7 Å². The van der Waals surface area contributed by atoms with Crippen LogP contribution in [-0.4, -0.2) is 64.4 Å². The van der Waals surface area contributed by atoms with Crippen LogP contribution in [0.1, 0.15) is 6.42 Å². The number of ether oxygens (including phenoxy) is 1. The number of nitrogens with two attached hydrogens (primary N) is 3. The zero-order chi connectivity index (χ0) is 16.3. The van der Waals surface area contributed by atoms with E-state index in [9.17, 15) is 19.2 Å². The van der Waals surface area contributed by atoms with Crippen LogP contribution in [0.4, 0.5) is 0 Å². The second-order valence-corrected chi connectivity index (χ2v) is 3.37. The zero-order valence-electron chi connectivity index (χ0n) is 10.4. The van der Waals surface area contributed by atoms with Crippen LogP contribution in [0.25, 0.3) is 0 Å². The first kappa shape index (κ1) is 20.1. The number of carboxylic acid groups (broad SMARTS) is 3. The summed E-state index contributed by atoms with van der Waals surface area (Å²) in [5.41, 5.74) is 14.7. The van der Waals surface area contributed by atoms with Gasteiger partial charge in [0.25, 0.3) is 0 Å². The molecule has 0 saturated heterocycles. The number of rotatable bonds is 7. The lowest BCUT2D eigenvalue weighted by Gasteiger charge is -2.05. The van der Waals surface area contributed by atoms with Crippen LogP contribution < -0.4 is 17.2 Å². The molecule has 0 aromatic carbocycles. The molecule has 0 unspecified atom stereocenters. The topological polar surface area (TPSA) is 216 Å². The molecule has 0 saturated carbocycles. The molecule has 116 valence electrons. The van der Waals surface area contributed by atoms with E-state index < -0.39 is 42.4 Å². The molecule has 20 heavy (non-hydrogen) atoms. The zero-order valence-corrected chi connectivity index (χ0v) is 10.4. The highest BCUT2D eigenvalue weighted by molar-refractivity contribution is 5.80. The predicted molar refractivity (Wildman–Crippen MR) is 63.5 cm³/mol. The quantitative estimate of drug-likeness (QED) is 0.256. The Morgan fingerprint density at radius 3 is 1.65 bits per heavy atom. The smallest absolute Gasteiger partial charge is 0.324 e. The molecule has 0 bridgehead atoms. The summed E-state index contributed by atoms with van der Waals surface area (Å²) in [6, 6.07) is -2.46. The molecule has 0 fully saturated rings. The second-order valence-electron chi connectivity index (χ2n) is 3.37. The van der Waals surface area contributed by atoms with Gasteiger partial charge in [-0.05, 0) is 0 Å². The highest BCUT2D eigenvalue weighted by Gasteiger charge is 2.14. The first-order chi connectivity index (χ1) is 9.11. The molecule has 9 N–H and O–H groups in total. The van der Waals surface area contributed by atoms with Crippen molar-refractivity contribution in [3.05, 3.63) is 0 Å². The second kappa shape index (κ2) is 10.7. The van der Waals surface area contributed by atoms with Crippen LogP contribution in [-0.2, 0) is 23.9 Å². The predicted octanol–water partition coefficient (Wildman–Crippen LogP) is -3.23. The number of aliphatic carboxylic acids is 3. The molecule has 0 aromatic rings. The largest absolute Gasteiger partial charge is 0.481 e. The lowest BCUT2D eigenvalue weighted by atomic mass is 10.2. The van der Waals surface area contributed by atoms with Crippen molar-refractivity contribution in [2.24, 2.45) is 17.2 Å². The Labute approximate surface area is 113 Å². The van der Waals surface area contributed by atoms with Crippen LogP contribution >= 0.6 is 0 Å². The third kappa shape index (κ3) is 12.2. The van der Waals surface area contributed by atoms with E-state index in [0.29, 0.717) is 0 Å². The monoisotopic (exact) mass is 295 g/mol. The highest BCUT2D eigenvalue weighted by atomic mass is 16.5. The summed E-state index contributed by atoms with van der Waals surface area (Å²) in [5, 5.41) is 24.3. The standard InChI is InChI=1S/C5H10N2O4.C4H7NO4/c6-1-4(8)11-2-3(7)5(9)10;5-2(4(8)9)1-3(6)7/h3H,1-2,6-7H2,(H,9,10);2H,1,5H2,(H,6,7)(H,8,9)/t3-;2-/m00/s1.